The van der Waals surface area contributed by atoms with Gasteiger partial charge in [0, 0.05) is 22.2 Å². The predicted octanol–water partition coefficient (Wildman–Crippen LogP) is 17.1. The zero-order valence-corrected chi connectivity index (χ0v) is 39.0. The first kappa shape index (κ1) is 39.9. The summed E-state index contributed by atoms with van der Waals surface area (Å²) in [5.41, 5.74) is 21.7. The molecule has 0 heterocycles. The third-order valence-corrected chi connectivity index (χ3v) is 16.2. The molecule has 0 fully saturated rings. The zero-order valence-electron chi connectivity index (χ0n) is 39.0. The van der Waals surface area contributed by atoms with Gasteiger partial charge in [0.05, 0.1) is 16.5 Å². The largest absolute Gasteiger partial charge is 0.310 e. The maximum atomic E-state index is 2.56. The number of aryl methyl sites for hydroxylation is 1. The Kier molecular flexibility index (Phi) is 8.45. The topological polar surface area (TPSA) is 3.24 Å². The van der Waals surface area contributed by atoms with Crippen LogP contribution >= 0.6 is 0 Å². The van der Waals surface area contributed by atoms with Gasteiger partial charge < -0.3 is 4.90 Å². The summed E-state index contributed by atoms with van der Waals surface area (Å²) in [5, 5.41) is 4.95. The Morgan fingerprint density at radius 1 is 0.304 bits per heavy atom. The fraction of sp³-hybridized carbons (Fsp3) is 0.0882. The molecule has 0 N–H and O–H groups in total. The molecular formula is C68H49N. The summed E-state index contributed by atoms with van der Waals surface area (Å²) < 4.78 is 0. The quantitative estimate of drug-likeness (QED) is 0.156. The highest BCUT2D eigenvalue weighted by Crippen LogP contribution is 2.65. The monoisotopic (exact) mass is 879 g/mol. The van der Waals surface area contributed by atoms with Crippen LogP contribution in [0, 0.1) is 6.92 Å². The smallest absolute Gasteiger partial charge is 0.0720 e. The van der Waals surface area contributed by atoms with Crippen molar-refractivity contribution in [2.45, 2.75) is 37.0 Å². The minimum atomic E-state index is -0.629. The van der Waals surface area contributed by atoms with Crippen LogP contribution in [0.3, 0.4) is 0 Å². The average Bonchev–Trinajstić information content (AvgIpc) is 3.82. The molecule has 0 saturated carbocycles. The molecule has 0 radical (unpaired) electrons. The highest BCUT2D eigenvalue weighted by molar-refractivity contribution is 6.14. The average molecular weight is 880 g/mol. The first-order valence-corrected chi connectivity index (χ1v) is 24.4. The Morgan fingerprint density at radius 2 is 0.783 bits per heavy atom. The lowest BCUT2D eigenvalue weighted by Crippen LogP contribution is -2.44. The van der Waals surface area contributed by atoms with Crippen molar-refractivity contribution < 1.29 is 0 Å². The van der Waals surface area contributed by atoms with E-state index < -0.39 is 10.8 Å². The van der Waals surface area contributed by atoms with Crippen molar-refractivity contribution in [3.63, 3.8) is 0 Å². The van der Waals surface area contributed by atoms with Gasteiger partial charge >= 0.3 is 0 Å². The van der Waals surface area contributed by atoms with Gasteiger partial charge in [-0.25, -0.2) is 0 Å². The standard InChI is InChI=1S/C68H49N/c1-44-20-19-24-47(40-44)67(46-22-5-4-6-23-46)59-32-15-17-34-61(59)68(62-35-18-16-33-60(62)67)58-31-14-12-28-53(58)55-39-37-49(43-64(55)68)69(65-41-45-21-7-8-25-50(45)51-26-9-10-29-56(51)65)48-36-38-54-52-27-11-13-30-57(52)66(2,3)63(54)42-48/h4-43H,1-3H3. The molecule has 3 aliphatic carbocycles. The maximum Gasteiger partial charge on any atom is 0.0720 e. The molecule has 0 amide bonds. The van der Waals surface area contributed by atoms with Gasteiger partial charge in [0.15, 0.2) is 0 Å². The summed E-state index contributed by atoms with van der Waals surface area (Å²) in [7, 11) is 0. The fourth-order valence-corrected chi connectivity index (χ4v) is 13.4. The van der Waals surface area contributed by atoms with Crippen molar-refractivity contribution in [3.8, 4) is 22.3 Å². The van der Waals surface area contributed by atoms with E-state index in [0.717, 1.165) is 17.1 Å². The second-order valence-electron chi connectivity index (χ2n) is 20.0. The van der Waals surface area contributed by atoms with E-state index >= 15 is 0 Å². The van der Waals surface area contributed by atoms with Gasteiger partial charge in [-0.2, -0.15) is 0 Å². The van der Waals surface area contributed by atoms with Gasteiger partial charge in [0.25, 0.3) is 0 Å². The van der Waals surface area contributed by atoms with Crippen LogP contribution in [-0.2, 0) is 16.2 Å². The molecule has 0 aromatic heterocycles. The SMILES string of the molecule is Cc1cccc(C2(c3ccccc3)c3ccccc3C3(c4ccccc4-c4ccc(N(c5ccc6c(c5)C(C)(C)c5ccccc5-6)c5cc6ccccc6c6ccccc56)cc43)c3ccccc32)c1. The Labute approximate surface area is 404 Å². The van der Waals surface area contributed by atoms with Gasteiger partial charge in [0.1, 0.15) is 0 Å². The second kappa shape index (κ2) is 14.6. The van der Waals surface area contributed by atoms with Crippen LogP contribution < -0.4 is 4.90 Å². The van der Waals surface area contributed by atoms with E-state index in [-0.39, 0.29) is 5.41 Å². The summed E-state index contributed by atoms with van der Waals surface area (Å²) in [5.74, 6) is 0. The predicted molar refractivity (Wildman–Crippen MR) is 288 cm³/mol. The molecular weight excluding hydrogens is 831 g/mol. The van der Waals surface area contributed by atoms with E-state index in [4.69, 9.17) is 0 Å². The molecule has 11 aromatic rings. The zero-order chi connectivity index (χ0) is 46.1. The number of hydrogen-bond donors (Lipinski definition) is 0. The van der Waals surface area contributed by atoms with E-state index in [9.17, 15) is 0 Å². The Hall–Kier alpha value is -8.26. The second-order valence-corrected chi connectivity index (χ2v) is 20.0. The van der Waals surface area contributed by atoms with Crippen LogP contribution in [0.4, 0.5) is 17.1 Å². The molecule has 3 aliphatic rings. The van der Waals surface area contributed by atoms with E-state index in [0.29, 0.717) is 0 Å². The Balaban J connectivity index is 1.09. The van der Waals surface area contributed by atoms with Gasteiger partial charge in [0.2, 0.25) is 0 Å². The minimum Gasteiger partial charge on any atom is -0.310 e. The minimum absolute atomic E-state index is 0.166. The number of benzene rings is 11. The first-order chi connectivity index (χ1) is 33.9. The van der Waals surface area contributed by atoms with Crippen LogP contribution in [0.5, 0.6) is 0 Å². The summed E-state index contributed by atoms with van der Waals surface area (Å²) in [6, 6.07) is 92.2. The molecule has 11 aromatic carbocycles. The third kappa shape index (κ3) is 5.31. The molecule has 0 unspecified atom stereocenters. The molecule has 0 saturated heterocycles. The molecule has 0 atom stereocenters. The summed E-state index contributed by atoms with van der Waals surface area (Å²) in [4.78, 5) is 2.56. The number of anilines is 3. The molecule has 14 rings (SSSR count). The van der Waals surface area contributed by atoms with E-state index in [2.05, 4.69) is 268 Å². The van der Waals surface area contributed by atoms with Crippen molar-refractivity contribution in [3.05, 3.63) is 304 Å². The van der Waals surface area contributed by atoms with Gasteiger partial charge in [-0.15, -0.1) is 0 Å². The first-order valence-electron chi connectivity index (χ1n) is 24.4. The Morgan fingerprint density at radius 3 is 1.45 bits per heavy atom. The van der Waals surface area contributed by atoms with Crippen molar-refractivity contribution in [2.24, 2.45) is 0 Å². The van der Waals surface area contributed by atoms with E-state index in [1.807, 2.05) is 0 Å². The van der Waals surface area contributed by atoms with Crippen LogP contribution in [-0.4, -0.2) is 0 Å². The molecule has 1 nitrogen and oxygen atoms in total. The van der Waals surface area contributed by atoms with Crippen LogP contribution in [0.15, 0.2) is 243 Å². The number of hydrogen-bond acceptors (Lipinski definition) is 1. The normalized spacial score (nSPS) is 17.7. The van der Waals surface area contributed by atoms with Crippen LogP contribution in [0.2, 0.25) is 0 Å². The molecule has 1 spiro atoms. The summed E-state index contributed by atoms with van der Waals surface area (Å²) in [6.07, 6.45) is 0. The summed E-state index contributed by atoms with van der Waals surface area (Å²) in [6.45, 7) is 7.00. The van der Waals surface area contributed by atoms with Crippen LogP contribution in [0.1, 0.15) is 75.0 Å². The van der Waals surface area contributed by atoms with Crippen molar-refractivity contribution in [1.29, 1.82) is 0 Å². The molecule has 326 valence electrons. The highest BCUT2D eigenvalue weighted by Gasteiger charge is 2.56. The van der Waals surface area contributed by atoms with Crippen molar-refractivity contribution in [2.75, 3.05) is 4.90 Å². The lowest BCUT2D eigenvalue weighted by Gasteiger charge is -2.50. The maximum absolute atomic E-state index is 2.56. The van der Waals surface area contributed by atoms with Gasteiger partial charge in [-0.05, 0) is 131 Å². The number of nitrogens with zero attached hydrogens (tertiary/aromatic N) is 1. The molecule has 69 heavy (non-hydrogen) atoms. The van der Waals surface area contributed by atoms with Gasteiger partial charge in [-0.3, -0.25) is 0 Å². The number of rotatable bonds is 5. The summed E-state index contributed by atoms with van der Waals surface area (Å²) >= 11 is 0. The van der Waals surface area contributed by atoms with Crippen LogP contribution in [0.25, 0.3) is 43.8 Å². The van der Waals surface area contributed by atoms with Gasteiger partial charge in [-0.1, -0.05) is 232 Å². The van der Waals surface area contributed by atoms with Crippen molar-refractivity contribution in [1.82, 2.24) is 0 Å². The fourth-order valence-electron chi connectivity index (χ4n) is 13.4. The lowest BCUT2D eigenvalue weighted by atomic mass is 9.51. The van der Waals surface area contributed by atoms with E-state index in [1.165, 1.54) is 105 Å². The lowest BCUT2D eigenvalue weighted by molar-refractivity contribution is 0.623. The van der Waals surface area contributed by atoms with Crippen molar-refractivity contribution >= 4 is 38.6 Å². The number of fused-ring (bicyclic) bond motifs is 15. The highest BCUT2D eigenvalue weighted by atomic mass is 15.1. The molecule has 0 bridgehead atoms. The molecule has 0 aliphatic heterocycles. The molecule has 1 heteroatoms. The third-order valence-electron chi connectivity index (χ3n) is 16.2. The Bertz CT molecular complexity index is 3860. The van der Waals surface area contributed by atoms with E-state index in [1.54, 1.807) is 0 Å².